The third kappa shape index (κ3) is 9.98. The highest BCUT2D eigenvalue weighted by Crippen LogP contribution is 2.29. The van der Waals surface area contributed by atoms with Crippen LogP contribution < -0.4 is 11.1 Å². The van der Waals surface area contributed by atoms with Gasteiger partial charge in [-0.05, 0) is 62.1 Å². The molecule has 1 aromatic carbocycles. The molecule has 7 unspecified atom stereocenters. The number of benzene rings is 1. The lowest BCUT2D eigenvalue weighted by Crippen LogP contribution is -2.56. The maximum atomic E-state index is 14.1. The number of aromatic amines is 1. The molecule has 13 nitrogen and oxygen atoms in total. The van der Waals surface area contributed by atoms with Crippen molar-refractivity contribution in [1.29, 1.82) is 0 Å². The molecule has 4 N–H and O–H groups in total. The number of fused-ring (bicyclic) bond motifs is 1. The predicted octanol–water partition coefficient (Wildman–Crippen LogP) is 3.31. The summed E-state index contributed by atoms with van der Waals surface area (Å²) in [5.41, 5.74) is 8.17. The van der Waals surface area contributed by atoms with Crippen molar-refractivity contribution in [2.24, 2.45) is 23.5 Å². The van der Waals surface area contributed by atoms with Gasteiger partial charge in [-0.25, -0.2) is 5.06 Å². The number of para-hydroxylation sites is 1. The minimum atomic E-state index is -0.819. The zero-order valence-corrected chi connectivity index (χ0v) is 32.2. The molecule has 2 fully saturated rings. The molecule has 8 atom stereocenters. The van der Waals surface area contributed by atoms with Gasteiger partial charge in [-0.3, -0.25) is 24.1 Å². The molecule has 0 aliphatic carbocycles. The highest BCUT2D eigenvalue weighted by Gasteiger charge is 2.41. The summed E-state index contributed by atoms with van der Waals surface area (Å²) in [6.07, 6.45) is 6.73. The Morgan fingerprint density at radius 3 is 2.50 bits per heavy atom. The van der Waals surface area contributed by atoms with E-state index in [1.165, 1.54) is 5.06 Å². The highest BCUT2D eigenvalue weighted by atomic mass is 16.7. The molecule has 4 rings (SSSR count). The Morgan fingerprint density at radius 1 is 1.10 bits per heavy atom. The van der Waals surface area contributed by atoms with Crippen molar-refractivity contribution in [3.63, 3.8) is 0 Å². The van der Waals surface area contributed by atoms with E-state index in [9.17, 15) is 19.2 Å². The highest BCUT2D eigenvalue weighted by molar-refractivity contribution is 5.90. The van der Waals surface area contributed by atoms with Gasteiger partial charge in [0.1, 0.15) is 12.3 Å². The second kappa shape index (κ2) is 19.6. The lowest BCUT2D eigenvalue weighted by atomic mass is 9.89. The zero-order valence-electron chi connectivity index (χ0n) is 32.2. The SMILES string of the molecule is COC(CCN1CCC[C@H]1C(OC)C(C)C(=O)NC(Cc1c[nH]c2ccccc12)C(=O)N1CCCCO1)C(C(C)CC=O)N(C)C(=O)C(N)C(C)C. The van der Waals surface area contributed by atoms with E-state index in [-0.39, 0.29) is 54.2 Å². The lowest BCUT2D eigenvalue weighted by molar-refractivity contribution is -0.199. The van der Waals surface area contributed by atoms with E-state index >= 15 is 0 Å². The Balaban J connectivity index is 1.48. The van der Waals surface area contributed by atoms with Crippen molar-refractivity contribution in [2.45, 2.75) is 109 Å². The number of amides is 3. The minimum Gasteiger partial charge on any atom is -0.379 e. The van der Waals surface area contributed by atoms with Gasteiger partial charge in [0.2, 0.25) is 11.8 Å². The number of hydroxylamine groups is 2. The summed E-state index contributed by atoms with van der Waals surface area (Å²) in [4.78, 5) is 65.8. The van der Waals surface area contributed by atoms with Crippen molar-refractivity contribution in [1.82, 2.24) is 25.2 Å². The minimum absolute atomic E-state index is 0.0338. The fourth-order valence-electron chi connectivity index (χ4n) is 7.99. The van der Waals surface area contributed by atoms with Crippen LogP contribution in [0.15, 0.2) is 30.5 Å². The second-order valence-corrected chi connectivity index (χ2v) is 15.0. The molecule has 2 aliphatic heterocycles. The van der Waals surface area contributed by atoms with Gasteiger partial charge in [-0.1, -0.05) is 45.9 Å². The number of carbonyl (C=O) groups excluding carboxylic acids is 4. The third-order valence-corrected chi connectivity index (χ3v) is 11.2. The molecule has 13 heteroatoms. The maximum absolute atomic E-state index is 14.1. The van der Waals surface area contributed by atoms with E-state index in [4.69, 9.17) is 20.0 Å². The standard InChI is InChI=1S/C39H62N6O7/c1-25(2)34(40)39(49)43(5)35(26(3)17-21-46)33(50-6)16-20-44-18-12-15-32(44)36(51-7)27(4)37(47)42-31(38(48)45-19-10-11-22-52-45)23-28-24-41-30-14-9-8-13-29(28)30/h8-9,13-14,21,24-27,31-36,41H,10-12,15-20,22-23,40H2,1-7H3,(H,42,47)/t26?,27?,31?,32-,33?,34?,35?,36?/m0/s1. The number of carbonyl (C=O) groups is 4. The van der Waals surface area contributed by atoms with Gasteiger partial charge in [0, 0.05) is 70.3 Å². The lowest BCUT2D eigenvalue weighted by Gasteiger charge is -2.40. The largest absolute Gasteiger partial charge is 0.379 e. The average Bonchev–Trinajstić information content (AvgIpc) is 3.79. The van der Waals surface area contributed by atoms with Gasteiger partial charge < -0.3 is 35.2 Å². The van der Waals surface area contributed by atoms with Crippen molar-refractivity contribution in [3.05, 3.63) is 36.0 Å². The normalized spacial score (nSPS) is 20.9. The van der Waals surface area contributed by atoms with E-state index < -0.39 is 24.1 Å². The van der Waals surface area contributed by atoms with E-state index in [0.717, 1.165) is 55.0 Å². The molecule has 3 heterocycles. The van der Waals surface area contributed by atoms with Crippen molar-refractivity contribution in [2.75, 3.05) is 47.5 Å². The quantitative estimate of drug-likeness (QED) is 0.185. The monoisotopic (exact) mass is 726 g/mol. The zero-order chi connectivity index (χ0) is 37.9. The molecule has 0 saturated carbocycles. The van der Waals surface area contributed by atoms with Crippen LogP contribution in [-0.4, -0.2) is 128 Å². The summed E-state index contributed by atoms with van der Waals surface area (Å²) in [5.74, 6) is -1.43. The molecule has 2 saturated heterocycles. The summed E-state index contributed by atoms with van der Waals surface area (Å²) in [6, 6.07) is 6.04. The van der Waals surface area contributed by atoms with Gasteiger partial charge >= 0.3 is 0 Å². The number of aromatic nitrogens is 1. The maximum Gasteiger partial charge on any atom is 0.269 e. The molecule has 0 spiro atoms. The fraction of sp³-hybridized carbons (Fsp3) is 0.692. The van der Waals surface area contributed by atoms with Crippen molar-refractivity contribution < 1.29 is 33.5 Å². The number of nitrogens with zero attached hydrogens (tertiary/aromatic N) is 3. The fourth-order valence-corrected chi connectivity index (χ4v) is 7.99. The van der Waals surface area contributed by atoms with Crippen LogP contribution in [0.2, 0.25) is 0 Å². The van der Waals surface area contributed by atoms with Crippen LogP contribution in [0.3, 0.4) is 0 Å². The van der Waals surface area contributed by atoms with Crippen LogP contribution in [0.4, 0.5) is 0 Å². The first-order chi connectivity index (χ1) is 24.9. The number of likely N-dealkylation sites (tertiary alicyclic amines) is 1. The first-order valence-corrected chi connectivity index (χ1v) is 19.0. The smallest absolute Gasteiger partial charge is 0.269 e. The molecule has 1 aromatic heterocycles. The predicted molar refractivity (Wildman–Crippen MR) is 200 cm³/mol. The summed E-state index contributed by atoms with van der Waals surface area (Å²) in [5, 5.41) is 5.50. The van der Waals surface area contributed by atoms with Gasteiger partial charge in [-0.2, -0.15) is 0 Å². The molecular weight excluding hydrogens is 664 g/mol. The number of methoxy groups -OCH3 is 2. The van der Waals surface area contributed by atoms with Crippen LogP contribution in [0.25, 0.3) is 10.9 Å². The number of ether oxygens (including phenoxy) is 2. The van der Waals surface area contributed by atoms with Crippen LogP contribution in [-0.2, 0) is 39.9 Å². The van der Waals surface area contributed by atoms with Crippen molar-refractivity contribution in [3.8, 4) is 0 Å². The Bertz CT molecular complexity index is 1460. The first-order valence-electron chi connectivity index (χ1n) is 19.0. The third-order valence-electron chi connectivity index (χ3n) is 11.2. The summed E-state index contributed by atoms with van der Waals surface area (Å²) >= 11 is 0. The molecule has 2 aromatic rings. The van der Waals surface area contributed by atoms with Gasteiger partial charge in [0.25, 0.3) is 5.91 Å². The molecule has 290 valence electrons. The Labute approximate surface area is 309 Å². The van der Waals surface area contributed by atoms with Crippen LogP contribution in [0.1, 0.15) is 71.8 Å². The number of hydrogen-bond acceptors (Lipinski definition) is 9. The average molecular weight is 727 g/mol. The molecule has 2 aliphatic rings. The summed E-state index contributed by atoms with van der Waals surface area (Å²) in [7, 11) is 5.02. The number of H-pyrrole nitrogens is 1. The number of rotatable bonds is 19. The number of nitrogens with one attached hydrogen (secondary N) is 2. The molecular formula is C39H62N6O7. The molecule has 52 heavy (non-hydrogen) atoms. The van der Waals surface area contributed by atoms with Gasteiger partial charge in [0.15, 0.2) is 0 Å². The number of hydrogen-bond donors (Lipinski definition) is 3. The van der Waals surface area contributed by atoms with E-state index in [2.05, 4.69) is 15.2 Å². The van der Waals surface area contributed by atoms with E-state index in [1.807, 2.05) is 58.2 Å². The first kappa shape index (κ1) is 41.4. The van der Waals surface area contributed by atoms with Crippen molar-refractivity contribution >= 4 is 34.9 Å². The van der Waals surface area contributed by atoms with Crippen LogP contribution in [0, 0.1) is 17.8 Å². The Hall–Kier alpha value is -3.36. The van der Waals surface area contributed by atoms with Gasteiger partial charge in [0.05, 0.1) is 36.8 Å². The number of nitrogens with two attached hydrogens (primary N) is 1. The number of aldehydes is 1. The topological polar surface area (TPSA) is 160 Å². The molecule has 3 amide bonds. The van der Waals surface area contributed by atoms with Gasteiger partial charge in [-0.15, -0.1) is 0 Å². The number of likely N-dealkylation sites (N-methyl/N-ethyl adjacent to an activating group) is 1. The summed E-state index contributed by atoms with van der Waals surface area (Å²) in [6.45, 7) is 10.1. The second-order valence-electron chi connectivity index (χ2n) is 15.0. The Kier molecular flexibility index (Phi) is 15.6. The molecule has 0 radical (unpaired) electrons. The van der Waals surface area contributed by atoms with Crippen LogP contribution >= 0.6 is 0 Å². The van der Waals surface area contributed by atoms with Crippen LogP contribution in [0.5, 0.6) is 0 Å². The van der Waals surface area contributed by atoms with E-state index in [0.29, 0.717) is 32.5 Å². The Morgan fingerprint density at radius 2 is 1.85 bits per heavy atom. The summed E-state index contributed by atoms with van der Waals surface area (Å²) < 4.78 is 12.1. The molecule has 0 bridgehead atoms. The van der Waals surface area contributed by atoms with E-state index in [1.54, 1.807) is 26.2 Å².